The molecule has 0 radical (unpaired) electrons. The van der Waals surface area contributed by atoms with Crippen LogP contribution in [0.2, 0.25) is 0 Å². The Hall–Kier alpha value is -1.27. The van der Waals surface area contributed by atoms with Crippen LogP contribution in [0, 0.1) is 0 Å². The molecule has 6 heteroatoms. The summed E-state index contributed by atoms with van der Waals surface area (Å²) < 4.78 is 0.979. The smallest absolute Gasteiger partial charge is 0.323 e. The molecule has 3 rings (SSSR count). The number of rotatable bonds is 2. The third kappa shape index (κ3) is 2.84. The molecule has 0 spiro atoms. The van der Waals surface area contributed by atoms with Crippen LogP contribution in [0.15, 0.2) is 21.4 Å². The highest BCUT2D eigenvalue weighted by atomic mass is 79.9. The number of nitrogens with one attached hydrogen (secondary N) is 4. The normalized spacial score (nSPS) is 20.4. The molecule has 0 aliphatic carbocycles. The Bertz CT molecular complexity index is 625. The highest BCUT2D eigenvalue weighted by Gasteiger charge is 2.13. The molecule has 5 nitrogen and oxygen atoms in total. The molecular formula is C13H17BrN4O. The van der Waals surface area contributed by atoms with Crippen LogP contribution < -0.4 is 16.3 Å². The number of halogens is 1. The summed E-state index contributed by atoms with van der Waals surface area (Å²) >= 11 is 3.56. The Labute approximate surface area is 119 Å². The minimum Gasteiger partial charge on any atom is -0.381 e. The number of hydrogen-bond donors (Lipinski definition) is 4. The number of hydrogen-bond acceptors (Lipinski definition) is 3. The Morgan fingerprint density at radius 2 is 1.95 bits per heavy atom. The van der Waals surface area contributed by atoms with Crippen LogP contribution in [0.25, 0.3) is 11.0 Å². The molecule has 4 N–H and O–H groups in total. The maximum atomic E-state index is 11.3. The topological polar surface area (TPSA) is 72.7 Å². The maximum absolute atomic E-state index is 11.3. The van der Waals surface area contributed by atoms with Crippen LogP contribution in [0.4, 0.5) is 5.69 Å². The van der Waals surface area contributed by atoms with Crippen molar-refractivity contribution in [2.75, 3.05) is 18.4 Å². The van der Waals surface area contributed by atoms with Crippen LogP contribution in [0.1, 0.15) is 19.3 Å². The fraction of sp³-hybridized carbons (Fsp3) is 0.462. The lowest BCUT2D eigenvalue weighted by molar-refractivity contribution is 0.637. The van der Waals surface area contributed by atoms with E-state index in [1.165, 1.54) is 12.8 Å². The van der Waals surface area contributed by atoms with Crippen molar-refractivity contribution in [3.05, 3.63) is 27.1 Å². The predicted octanol–water partition coefficient (Wildman–Crippen LogP) is 2.17. The van der Waals surface area contributed by atoms with Gasteiger partial charge in [0.2, 0.25) is 0 Å². The van der Waals surface area contributed by atoms with Crippen molar-refractivity contribution >= 4 is 32.7 Å². The Morgan fingerprint density at radius 1 is 1.16 bits per heavy atom. The average molecular weight is 325 g/mol. The summed E-state index contributed by atoms with van der Waals surface area (Å²) in [6.07, 6.45) is 3.48. The standard InChI is InChI=1S/C13H17BrN4O/c14-9-6-11-12(18-13(19)17-11)7-10(9)16-8-2-1-4-15-5-3-8/h6-8,15-16H,1-5H2,(H2,17,18,19). The lowest BCUT2D eigenvalue weighted by Gasteiger charge is -2.18. The van der Waals surface area contributed by atoms with E-state index in [0.29, 0.717) is 6.04 Å². The van der Waals surface area contributed by atoms with E-state index in [1.54, 1.807) is 0 Å². The van der Waals surface area contributed by atoms with Crippen molar-refractivity contribution in [2.45, 2.75) is 25.3 Å². The number of imidazole rings is 1. The number of aromatic amines is 2. The number of anilines is 1. The molecule has 1 aliphatic rings. The van der Waals surface area contributed by atoms with Crippen LogP contribution in [-0.4, -0.2) is 29.1 Å². The highest BCUT2D eigenvalue weighted by Crippen LogP contribution is 2.28. The summed E-state index contributed by atoms with van der Waals surface area (Å²) in [5.41, 5.74) is 2.53. The van der Waals surface area contributed by atoms with Crippen molar-refractivity contribution in [2.24, 2.45) is 0 Å². The van der Waals surface area contributed by atoms with E-state index in [4.69, 9.17) is 0 Å². The van der Waals surface area contributed by atoms with Crippen molar-refractivity contribution < 1.29 is 0 Å². The van der Waals surface area contributed by atoms with Gasteiger partial charge in [-0.3, -0.25) is 0 Å². The Kier molecular flexibility index (Phi) is 3.61. The molecule has 1 atom stereocenters. The molecule has 1 aromatic carbocycles. The molecule has 2 heterocycles. The van der Waals surface area contributed by atoms with Crippen LogP contribution in [-0.2, 0) is 0 Å². The molecule has 19 heavy (non-hydrogen) atoms. The van der Waals surface area contributed by atoms with Gasteiger partial charge in [0.05, 0.1) is 16.7 Å². The molecule has 102 valence electrons. The molecule has 0 bridgehead atoms. The van der Waals surface area contributed by atoms with Crippen molar-refractivity contribution in [3.8, 4) is 0 Å². The minimum absolute atomic E-state index is 0.169. The van der Waals surface area contributed by atoms with E-state index in [2.05, 4.69) is 36.5 Å². The maximum Gasteiger partial charge on any atom is 0.323 e. The highest BCUT2D eigenvalue weighted by molar-refractivity contribution is 9.10. The molecule has 0 amide bonds. The van der Waals surface area contributed by atoms with Gasteiger partial charge in [-0.1, -0.05) is 0 Å². The van der Waals surface area contributed by atoms with Gasteiger partial charge in [-0.15, -0.1) is 0 Å². The molecule has 1 aromatic heterocycles. The summed E-state index contributed by atoms with van der Waals surface area (Å²) in [5.74, 6) is 0. The minimum atomic E-state index is -0.169. The molecule has 2 aromatic rings. The lowest BCUT2D eigenvalue weighted by atomic mass is 10.1. The fourth-order valence-electron chi connectivity index (χ4n) is 2.55. The van der Waals surface area contributed by atoms with Crippen molar-refractivity contribution in [1.29, 1.82) is 0 Å². The largest absolute Gasteiger partial charge is 0.381 e. The van der Waals surface area contributed by atoms with Crippen molar-refractivity contribution in [3.63, 3.8) is 0 Å². The first kappa shape index (κ1) is 12.7. The second kappa shape index (κ2) is 5.38. The summed E-state index contributed by atoms with van der Waals surface area (Å²) in [5, 5.41) is 6.97. The van der Waals surface area contributed by atoms with E-state index in [-0.39, 0.29) is 5.69 Å². The molecule has 1 fully saturated rings. The third-order valence-electron chi connectivity index (χ3n) is 3.54. The third-order valence-corrected chi connectivity index (χ3v) is 4.20. The summed E-state index contributed by atoms with van der Waals surface area (Å²) in [6, 6.07) is 4.40. The van der Waals surface area contributed by atoms with Crippen LogP contribution >= 0.6 is 15.9 Å². The molecule has 1 unspecified atom stereocenters. The predicted molar refractivity (Wildman–Crippen MR) is 80.8 cm³/mol. The zero-order chi connectivity index (χ0) is 13.2. The molecule has 1 saturated heterocycles. The van der Waals surface area contributed by atoms with E-state index < -0.39 is 0 Å². The van der Waals surface area contributed by atoms with E-state index in [9.17, 15) is 4.79 Å². The average Bonchev–Trinajstić information content (AvgIpc) is 2.59. The van der Waals surface area contributed by atoms with Crippen LogP contribution in [0.5, 0.6) is 0 Å². The quantitative estimate of drug-likeness (QED) is 0.684. The Balaban J connectivity index is 1.86. The summed E-state index contributed by atoms with van der Waals surface area (Å²) in [6.45, 7) is 2.15. The van der Waals surface area contributed by atoms with Crippen LogP contribution in [0.3, 0.4) is 0 Å². The number of H-pyrrole nitrogens is 2. The molecule has 1 aliphatic heterocycles. The first-order valence-electron chi connectivity index (χ1n) is 6.61. The SMILES string of the molecule is O=c1[nH]c2cc(Br)c(NC3CCCNCC3)cc2[nH]1. The van der Waals surface area contributed by atoms with Gasteiger partial charge in [-0.05, 0) is 60.4 Å². The van der Waals surface area contributed by atoms with Gasteiger partial charge in [0, 0.05) is 10.5 Å². The zero-order valence-corrected chi connectivity index (χ0v) is 12.1. The van der Waals surface area contributed by atoms with Gasteiger partial charge < -0.3 is 20.6 Å². The molecular weight excluding hydrogens is 308 g/mol. The number of fused-ring (bicyclic) bond motifs is 1. The van der Waals surface area contributed by atoms with Gasteiger partial charge in [0.15, 0.2) is 0 Å². The van der Waals surface area contributed by atoms with E-state index in [0.717, 1.165) is 40.7 Å². The van der Waals surface area contributed by atoms with Gasteiger partial charge in [0.25, 0.3) is 0 Å². The number of aromatic nitrogens is 2. The first-order valence-corrected chi connectivity index (χ1v) is 7.40. The van der Waals surface area contributed by atoms with Gasteiger partial charge in [-0.25, -0.2) is 4.79 Å². The van der Waals surface area contributed by atoms with Gasteiger partial charge in [-0.2, -0.15) is 0 Å². The zero-order valence-electron chi connectivity index (χ0n) is 10.6. The fourth-order valence-corrected chi connectivity index (χ4v) is 3.01. The Morgan fingerprint density at radius 3 is 2.79 bits per heavy atom. The monoisotopic (exact) mass is 324 g/mol. The van der Waals surface area contributed by atoms with Crippen molar-refractivity contribution in [1.82, 2.24) is 15.3 Å². The first-order chi connectivity index (χ1) is 9.22. The summed E-state index contributed by atoms with van der Waals surface area (Å²) in [4.78, 5) is 16.8. The number of benzene rings is 1. The second-order valence-electron chi connectivity index (χ2n) is 4.98. The second-order valence-corrected chi connectivity index (χ2v) is 5.83. The van der Waals surface area contributed by atoms with E-state index in [1.807, 2.05) is 12.1 Å². The summed E-state index contributed by atoms with van der Waals surface area (Å²) in [7, 11) is 0. The van der Waals surface area contributed by atoms with Gasteiger partial charge >= 0.3 is 5.69 Å². The van der Waals surface area contributed by atoms with E-state index >= 15 is 0 Å². The molecule has 0 saturated carbocycles. The lowest BCUT2D eigenvalue weighted by Crippen LogP contribution is -2.21. The van der Waals surface area contributed by atoms with Gasteiger partial charge in [0.1, 0.15) is 0 Å².